The third-order valence-electron chi connectivity index (χ3n) is 4.31. The minimum Gasteiger partial charge on any atom is -0.368 e. The van der Waals surface area contributed by atoms with Crippen molar-refractivity contribution in [3.8, 4) is 0 Å². The van der Waals surface area contributed by atoms with Crippen molar-refractivity contribution in [1.82, 2.24) is 15.1 Å². The maximum Gasteiger partial charge on any atom is 0.149 e. The Labute approximate surface area is 135 Å². The monoisotopic (exact) mass is 320 g/mol. The Bertz CT molecular complexity index is 630. The van der Waals surface area contributed by atoms with Gasteiger partial charge < -0.3 is 10.2 Å². The lowest BCUT2D eigenvalue weighted by Gasteiger charge is -2.22. The zero-order valence-corrected chi connectivity index (χ0v) is 13.3. The van der Waals surface area contributed by atoms with Gasteiger partial charge in [0.15, 0.2) is 0 Å². The van der Waals surface area contributed by atoms with Crippen molar-refractivity contribution in [2.24, 2.45) is 0 Å². The van der Waals surface area contributed by atoms with E-state index in [9.17, 15) is 8.78 Å². The van der Waals surface area contributed by atoms with Crippen molar-refractivity contribution in [3.05, 3.63) is 48.3 Å². The van der Waals surface area contributed by atoms with Gasteiger partial charge in [0.1, 0.15) is 11.6 Å². The van der Waals surface area contributed by atoms with Crippen LogP contribution in [0, 0.1) is 11.6 Å². The predicted octanol–water partition coefficient (Wildman–Crippen LogP) is 2.81. The summed E-state index contributed by atoms with van der Waals surface area (Å²) in [5.74, 6) is -1.02. The Morgan fingerprint density at radius 2 is 2.26 bits per heavy atom. The Balaban J connectivity index is 1.49. The SMILES string of the molecule is C[C@H](CCn1cccn1)N[C@H]1CCN(c2ccc(F)cc2F)C1. The standard InChI is InChI=1S/C17H22F2N4/c1-13(5-10-23-8-2-7-20-23)21-15-6-9-22(12-15)17-4-3-14(18)11-16(17)19/h2-4,7-8,11,13,15,21H,5-6,9-10,12H2,1H3/t13-,15+/m1/s1. The van der Waals surface area contributed by atoms with Gasteiger partial charge in [-0.15, -0.1) is 0 Å². The quantitative estimate of drug-likeness (QED) is 0.888. The number of nitrogens with one attached hydrogen (secondary N) is 1. The van der Waals surface area contributed by atoms with Crippen molar-refractivity contribution in [1.29, 1.82) is 0 Å². The molecule has 0 unspecified atom stereocenters. The molecule has 1 aromatic heterocycles. The molecule has 3 rings (SSSR count). The average molecular weight is 320 g/mol. The summed E-state index contributed by atoms with van der Waals surface area (Å²) in [4.78, 5) is 1.98. The van der Waals surface area contributed by atoms with Gasteiger partial charge in [-0.25, -0.2) is 8.78 Å². The largest absolute Gasteiger partial charge is 0.368 e. The molecule has 1 fully saturated rings. The molecule has 0 aliphatic carbocycles. The number of anilines is 1. The van der Waals surface area contributed by atoms with Crippen LogP contribution in [0.25, 0.3) is 0 Å². The van der Waals surface area contributed by atoms with Crippen LogP contribution in [0.1, 0.15) is 19.8 Å². The Hall–Kier alpha value is -1.95. The lowest BCUT2D eigenvalue weighted by Crippen LogP contribution is -2.39. The minimum absolute atomic E-state index is 0.326. The minimum atomic E-state index is -0.535. The maximum absolute atomic E-state index is 13.9. The van der Waals surface area contributed by atoms with Crippen LogP contribution in [0.15, 0.2) is 36.7 Å². The first-order valence-electron chi connectivity index (χ1n) is 8.05. The molecule has 1 saturated heterocycles. The van der Waals surface area contributed by atoms with Crippen LogP contribution in [0.2, 0.25) is 0 Å². The van der Waals surface area contributed by atoms with Gasteiger partial charge in [-0.3, -0.25) is 4.68 Å². The van der Waals surface area contributed by atoms with Crippen LogP contribution < -0.4 is 10.2 Å². The van der Waals surface area contributed by atoms with Crippen molar-refractivity contribution >= 4 is 5.69 Å². The normalized spacial score (nSPS) is 19.3. The van der Waals surface area contributed by atoms with Gasteiger partial charge >= 0.3 is 0 Å². The van der Waals surface area contributed by atoms with Gasteiger partial charge in [-0.2, -0.15) is 5.10 Å². The van der Waals surface area contributed by atoms with Gasteiger partial charge in [0, 0.05) is 50.2 Å². The Morgan fingerprint density at radius 3 is 3.00 bits per heavy atom. The highest BCUT2D eigenvalue weighted by atomic mass is 19.1. The van der Waals surface area contributed by atoms with E-state index >= 15 is 0 Å². The topological polar surface area (TPSA) is 33.1 Å². The third kappa shape index (κ3) is 4.07. The number of hydrogen-bond donors (Lipinski definition) is 1. The number of nitrogens with zero attached hydrogens (tertiary/aromatic N) is 3. The van der Waals surface area contributed by atoms with Crippen molar-refractivity contribution < 1.29 is 8.78 Å². The summed E-state index contributed by atoms with van der Waals surface area (Å²) in [6.45, 7) is 4.57. The first-order valence-corrected chi connectivity index (χ1v) is 8.05. The van der Waals surface area contributed by atoms with E-state index in [2.05, 4.69) is 17.3 Å². The van der Waals surface area contributed by atoms with Crippen LogP contribution in [-0.4, -0.2) is 35.0 Å². The van der Waals surface area contributed by atoms with Crippen LogP contribution in [0.3, 0.4) is 0 Å². The van der Waals surface area contributed by atoms with E-state index in [4.69, 9.17) is 0 Å². The molecule has 124 valence electrons. The summed E-state index contributed by atoms with van der Waals surface area (Å²) >= 11 is 0. The Kier molecular flexibility index (Phi) is 4.91. The molecule has 1 aliphatic rings. The van der Waals surface area contributed by atoms with Crippen molar-refractivity contribution in [2.75, 3.05) is 18.0 Å². The molecule has 2 heterocycles. The summed E-state index contributed by atoms with van der Waals surface area (Å²) in [7, 11) is 0. The molecular formula is C17H22F2N4. The predicted molar refractivity (Wildman–Crippen MR) is 86.4 cm³/mol. The van der Waals surface area contributed by atoms with E-state index < -0.39 is 11.6 Å². The van der Waals surface area contributed by atoms with Crippen molar-refractivity contribution in [3.63, 3.8) is 0 Å². The Morgan fingerprint density at radius 1 is 1.39 bits per heavy atom. The second kappa shape index (κ2) is 7.08. The van der Waals surface area contributed by atoms with Crippen LogP contribution in [-0.2, 0) is 6.54 Å². The number of halogens is 2. The van der Waals surface area contributed by atoms with Crippen molar-refractivity contribution in [2.45, 2.75) is 38.4 Å². The number of aromatic nitrogens is 2. The molecule has 4 nitrogen and oxygen atoms in total. The zero-order valence-electron chi connectivity index (χ0n) is 13.3. The van der Waals surface area contributed by atoms with Gasteiger partial charge in [0.05, 0.1) is 5.69 Å². The number of hydrogen-bond acceptors (Lipinski definition) is 3. The highest BCUT2D eigenvalue weighted by Gasteiger charge is 2.25. The fourth-order valence-corrected chi connectivity index (χ4v) is 3.10. The third-order valence-corrected chi connectivity index (χ3v) is 4.31. The highest BCUT2D eigenvalue weighted by Crippen LogP contribution is 2.24. The number of rotatable bonds is 6. The highest BCUT2D eigenvalue weighted by molar-refractivity contribution is 5.49. The summed E-state index contributed by atoms with van der Waals surface area (Å²) in [6, 6.07) is 6.39. The van der Waals surface area contributed by atoms with E-state index in [1.165, 1.54) is 12.1 Å². The fourth-order valence-electron chi connectivity index (χ4n) is 3.10. The average Bonchev–Trinajstić information content (AvgIpc) is 3.17. The molecule has 6 heteroatoms. The maximum atomic E-state index is 13.9. The molecule has 2 aromatic rings. The molecule has 0 radical (unpaired) electrons. The van der Waals surface area contributed by atoms with Gasteiger partial charge in [0.25, 0.3) is 0 Å². The number of aryl methyl sites for hydroxylation is 1. The van der Waals surface area contributed by atoms with Crippen LogP contribution in [0.5, 0.6) is 0 Å². The van der Waals surface area contributed by atoms with Gasteiger partial charge in [0.2, 0.25) is 0 Å². The molecule has 0 bridgehead atoms. The molecule has 0 saturated carbocycles. The molecule has 2 atom stereocenters. The smallest absolute Gasteiger partial charge is 0.149 e. The molecular weight excluding hydrogens is 298 g/mol. The molecule has 23 heavy (non-hydrogen) atoms. The zero-order chi connectivity index (χ0) is 16.2. The molecule has 0 spiro atoms. The van der Waals surface area contributed by atoms with E-state index in [1.54, 1.807) is 6.20 Å². The number of benzene rings is 1. The van der Waals surface area contributed by atoms with Gasteiger partial charge in [-0.1, -0.05) is 0 Å². The lowest BCUT2D eigenvalue weighted by atomic mass is 10.2. The first kappa shape index (κ1) is 15.9. The summed E-state index contributed by atoms with van der Waals surface area (Å²) in [5.41, 5.74) is 0.486. The summed E-state index contributed by atoms with van der Waals surface area (Å²) in [6.07, 6.45) is 5.69. The van der Waals surface area contributed by atoms with E-state index in [0.29, 0.717) is 17.8 Å². The van der Waals surface area contributed by atoms with E-state index in [0.717, 1.165) is 38.5 Å². The molecule has 1 N–H and O–H groups in total. The second-order valence-electron chi connectivity index (χ2n) is 6.15. The van der Waals surface area contributed by atoms with Crippen LogP contribution in [0.4, 0.5) is 14.5 Å². The van der Waals surface area contributed by atoms with E-state index in [1.807, 2.05) is 21.8 Å². The van der Waals surface area contributed by atoms with Crippen LogP contribution >= 0.6 is 0 Å². The molecule has 1 aliphatic heterocycles. The molecule has 0 amide bonds. The second-order valence-corrected chi connectivity index (χ2v) is 6.15. The summed E-state index contributed by atoms with van der Waals surface area (Å²) in [5, 5.41) is 7.79. The fraction of sp³-hybridized carbons (Fsp3) is 0.471. The summed E-state index contributed by atoms with van der Waals surface area (Å²) < 4.78 is 28.8. The van der Waals surface area contributed by atoms with E-state index in [-0.39, 0.29) is 0 Å². The molecule has 1 aromatic carbocycles. The van der Waals surface area contributed by atoms with Gasteiger partial charge in [-0.05, 0) is 38.0 Å². The lowest BCUT2D eigenvalue weighted by molar-refractivity contribution is 0.415. The first-order chi connectivity index (χ1) is 11.1.